The number of likely N-dealkylation sites (tertiary alicyclic amines) is 1. The van der Waals surface area contributed by atoms with Crippen LogP contribution in [0.5, 0.6) is 5.75 Å². The number of carboxylic acids is 3. The molecule has 1 fully saturated rings. The number of benzene rings is 1. The molecule has 0 radical (unpaired) electrons. The van der Waals surface area contributed by atoms with Gasteiger partial charge < -0.3 is 34.7 Å². The van der Waals surface area contributed by atoms with Gasteiger partial charge in [0.1, 0.15) is 17.2 Å². The maximum Gasteiger partial charge on any atom is 0.490 e. The van der Waals surface area contributed by atoms with Gasteiger partial charge >= 0.3 is 36.4 Å². The molecule has 1 spiro atoms. The molecule has 0 aliphatic carbocycles. The van der Waals surface area contributed by atoms with E-state index in [4.69, 9.17) is 39.2 Å². The number of aliphatic carboxylic acids is 3. The number of carbonyl (C=O) groups excluding carboxylic acids is 1. The molecule has 2 aromatic heterocycles. The lowest BCUT2D eigenvalue weighted by molar-refractivity contribution is -0.193. The van der Waals surface area contributed by atoms with E-state index in [1.165, 1.54) is 5.56 Å². The van der Waals surface area contributed by atoms with Gasteiger partial charge in [0.2, 0.25) is 0 Å². The third-order valence-electron chi connectivity index (χ3n) is 7.32. The van der Waals surface area contributed by atoms with Gasteiger partial charge in [-0.2, -0.15) is 39.5 Å². The summed E-state index contributed by atoms with van der Waals surface area (Å²) < 4.78 is 109. The molecule has 0 saturated carbocycles. The molecule has 1 unspecified atom stereocenters. The van der Waals surface area contributed by atoms with E-state index < -0.39 is 48.1 Å². The van der Waals surface area contributed by atoms with E-state index in [-0.39, 0.29) is 5.91 Å². The van der Waals surface area contributed by atoms with Gasteiger partial charge in [0, 0.05) is 51.0 Å². The number of imidazole rings is 1. The van der Waals surface area contributed by atoms with Gasteiger partial charge in [-0.05, 0) is 48.2 Å². The summed E-state index contributed by atoms with van der Waals surface area (Å²) in [6.45, 7) is 3.59. The Balaban J connectivity index is 0.000000393. The lowest BCUT2D eigenvalue weighted by atomic mass is 9.88. The molecule has 2 aliphatic heterocycles. The number of carbonyl (C=O) groups is 4. The Morgan fingerprint density at radius 3 is 1.74 bits per heavy atom. The number of hydrogen-bond donors (Lipinski definition) is 4. The molecule has 4 N–H and O–H groups in total. The van der Waals surface area contributed by atoms with E-state index in [0.29, 0.717) is 13.1 Å². The molecule has 54 heavy (non-hydrogen) atoms. The Bertz CT molecular complexity index is 1620. The highest BCUT2D eigenvalue weighted by Gasteiger charge is 2.47. The number of ether oxygens (including phenoxy) is 2. The van der Waals surface area contributed by atoms with E-state index in [0.717, 1.165) is 49.6 Å². The minimum atomic E-state index is -5.08. The monoisotopic (exact) mass is 789 g/mol. The van der Waals surface area contributed by atoms with Crippen LogP contribution in [0, 0.1) is 0 Å². The zero-order chi connectivity index (χ0) is 40.9. The molecular formula is C31H32F9N5O9. The quantitative estimate of drug-likeness (QED) is 0.258. The molecule has 3 aromatic rings. The minimum absolute atomic E-state index is 0.0937. The number of amides is 1. The zero-order valence-corrected chi connectivity index (χ0v) is 27.8. The van der Waals surface area contributed by atoms with Crippen molar-refractivity contribution in [2.75, 3.05) is 20.2 Å². The molecule has 5 rings (SSSR count). The first-order chi connectivity index (χ1) is 25.0. The molecule has 1 aromatic carbocycles. The number of rotatable bonds is 6. The second kappa shape index (κ2) is 19.0. The topological polar surface area (TPSA) is 193 Å². The number of nitrogens with one attached hydrogen (secondary N) is 1. The number of piperidine rings is 1. The third kappa shape index (κ3) is 14.2. The fourth-order valence-electron chi connectivity index (χ4n) is 4.74. The smallest absolute Gasteiger partial charge is 0.490 e. The van der Waals surface area contributed by atoms with Crippen molar-refractivity contribution in [1.29, 1.82) is 0 Å². The summed E-state index contributed by atoms with van der Waals surface area (Å²) in [4.78, 5) is 50.9. The van der Waals surface area contributed by atoms with Gasteiger partial charge in [0.15, 0.2) is 6.10 Å². The summed E-state index contributed by atoms with van der Waals surface area (Å²) in [5.41, 5.74) is 1.74. The van der Waals surface area contributed by atoms with Crippen molar-refractivity contribution in [3.05, 3.63) is 78.1 Å². The Hall–Kier alpha value is -5.45. The number of pyridine rings is 1. The fourth-order valence-corrected chi connectivity index (χ4v) is 4.74. The van der Waals surface area contributed by atoms with E-state index in [1.807, 2.05) is 42.9 Å². The van der Waals surface area contributed by atoms with Crippen LogP contribution in [0.2, 0.25) is 0 Å². The largest absolute Gasteiger partial charge is 0.497 e. The molecule has 1 atom stereocenters. The molecular weight excluding hydrogens is 757 g/mol. The van der Waals surface area contributed by atoms with Gasteiger partial charge in [0.25, 0.3) is 5.91 Å². The van der Waals surface area contributed by atoms with Gasteiger partial charge in [-0.15, -0.1) is 0 Å². The van der Waals surface area contributed by atoms with Gasteiger partial charge in [-0.3, -0.25) is 14.7 Å². The highest BCUT2D eigenvalue weighted by Crippen LogP contribution is 2.40. The van der Waals surface area contributed by atoms with Crippen LogP contribution in [0.25, 0.3) is 0 Å². The minimum Gasteiger partial charge on any atom is -0.497 e. The Morgan fingerprint density at radius 2 is 1.30 bits per heavy atom. The maximum absolute atomic E-state index is 13.0. The molecule has 23 heteroatoms. The molecule has 14 nitrogen and oxygen atoms in total. The molecule has 0 bridgehead atoms. The van der Waals surface area contributed by atoms with Crippen LogP contribution in [0.4, 0.5) is 39.5 Å². The predicted octanol–water partition coefficient (Wildman–Crippen LogP) is 4.39. The van der Waals surface area contributed by atoms with Gasteiger partial charge in [0.05, 0.1) is 13.7 Å². The standard InChI is InChI=1S/C25H29N5O3.3C2HF3O2/c1-32-21-4-2-19(3-5-21)16-28-23(31)22-18-30-15-12-27-24(30)25(33-22)8-13-29(14-9-25)17-20-6-10-26-11-7-20;3*3-2(4,5)1(6)7/h2-7,10-12,15,22H,8-9,13-14,16-18H2,1H3,(H,28,31);3*(H,6,7). The average molecular weight is 790 g/mol. The summed E-state index contributed by atoms with van der Waals surface area (Å²) >= 11 is 0. The predicted molar refractivity (Wildman–Crippen MR) is 163 cm³/mol. The first kappa shape index (κ1) is 44.7. The van der Waals surface area contributed by atoms with Crippen molar-refractivity contribution in [1.82, 2.24) is 24.8 Å². The van der Waals surface area contributed by atoms with Crippen LogP contribution in [-0.2, 0) is 49.2 Å². The first-order valence-corrected chi connectivity index (χ1v) is 15.1. The lowest BCUT2D eigenvalue weighted by Crippen LogP contribution is -2.53. The zero-order valence-electron chi connectivity index (χ0n) is 27.8. The van der Waals surface area contributed by atoms with Gasteiger partial charge in [-0.25, -0.2) is 19.4 Å². The highest BCUT2D eigenvalue weighted by atomic mass is 19.4. The SMILES string of the molecule is COc1ccc(CNC(=O)C2Cn3ccnc3C3(CCN(Cc4ccncc4)CC3)O2)cc1.O=C(O)C(F)(F)F.O=C(O)C(F)(F)F.O=C(O)C(F)(F)F. The van der Waals surface area contributed by atoms with Crippen molar-refractivity contribution in [2.24, 2.45) is 0 Å². The summed E-state index contributed by atoms with van der Waals surface area (Å²) in [5, 5.41) is 24.4. The van der Waals surface area contributed by atoms with Crippen LogP contribution < -0.4 is 10.1 Å². The van der Waals surface area contributed by atoms with E-state index in [2.05, 4.69) is 36.9 Å². The van der Waals surface area contributed by atoms with Gasteiger partial charge in [-0.1, -0.05) is 12.1 Å². The van der Waals surface area contributed by atoms with E-state index in [9.17, 15) is 44.3 Å². The number of nitrogens with zero attached hydrogens (tertiary/aromatic N) is 4. The van der Waals surface area contributed by atoms with E-state index in [1.54, 1.807) is 13.3 Å². The van der Waals surface area contributed by atoms with Crippen molar-refractivity contribution in [2.45, 2.75) is 62.7 Å². The Kier molecular flexibility index (Phi) is 15.8. The van der Waals surface area contributed by atoms with Crippen molar-refractivity contribution in [3.8, 4) is 5.75 Å². The number of aromatic nitrogens is 3. The highest BCUT2D eigenvalue weighted by molar-refractivity contribution is 5.81. The first-order valence-electron chi connectivity index (χ1n) is 15.1. The number of fused-ring (bicyclic) bond motifs is 2. The fraction of sp³-hybridized carbons (Fsp3) is 0.419. The molecule has 298 valence electrons. The number of alkyl halides is 9. The van der Waals surface area contributed by atoms with Crippen LogP contribution in [0.1, 0.15) is 29.8 Å². The number of hydrogen-bond acceptors (Lipinski definition) is 9. The van der Waals surface area contributed by atoms with Crippen LogP contribution in [-0.4, -0.2) is 103 Å². The van der Waals surface area contributed by atoms with Crippen molar-refractivity contribution < 1.29 is 83.5 Å². The van der Waals surface area contributed by atoms with Crippen molar-refractivity contribution >= 4 is 23.8 Å². The molecule has 1 saturated heterocycles. The average Bonchev–Trinajstić information content (AvgIpc) is 3.59. The van der Waals surface area contributed by atoms with Crippen LogP contribution >= 0.6 is 0 Å². The molecule has 2 aliphatic rings. The molecule has 1 amide bonds. The Labute approximate surface area is 299 Å². The number of methoxy groups -OCH3 is 1. The van der Waals surface area contributed by atoms with Crippen molar-refractivity contribution in [3.63, 3.8) is 0 Å². The number of carboxylic acid groups (broad SMARTS) is 3. The summed E-state index contributed by atoms with van der Waals surface area (Å²) in [6.07, 6.45) is -6.77. The summed E-state index contributed by atoms with van der Waals surface area (Å²) in [6, 6.07) is 11.8. The van der Waals surface area contributed by atoms with Crippen LogP contribution in [0.15, 0.2) is 61.2 Å². The third-order valence-corrected chi connectivity index (χ3v) is 7.32. The lowest BCUT2D eigenvalue weighted by Gasteiger charge is -2.45. The normalized spacial score (nSPS) is 16.4. The van der Waals surface area contributed by atoms with E-state index >= 15 is 0 Å². The second-order valence-electron chi connectivity index (χ2n) is 11.1. The molecule has 4 heterocycles. The summed E-state index contributed by atoms with van der Waals surface area (Å²) in [5.74, 6) is -6.63. The van der Waals surface area contributed by atoms with Crippen LogP contribution in [0.3, 0.4) is 0 Å². The summed E-state index contributed by atoms with van der Waals surface area (Å²) in [7, 11) is 1.64. The second-order valence-corrected chi connectivity index (χ2v) is 11.1. The number of halogens is 9. The maximum atomic E-state index is 13.0. The Morgan fingerprint density at radius 1 is 0.815 bits per heavy atom.